The van der Waals surface area contributed by atoms with Gasteiger partial charge in [0.2, 0.25) is 0 Å². The SMILES string of the molecule is COc1ccc(-n2nc3ccc(NC(=O)c4cc(Cl)c(OC)c(Cl)c4)cc3n2)cc1Cl. The van der Waals surface area contributed by atoms with E-state index < -0.39 is 0 Å². The zero-order chi connectivity index (χ0) is 22.1. The Hall–Kier alpha value is -3.00. The van der Waals surface area contributed by atoms with Gasteiger partial charge in [0.05, 0.1) is 35.0 Å². The van der Waals surface area contributed by atoms with Crippen molar-refractivity contribution in [2.24, 2.45) is 0 Å². The molecule has 0 aliphatic heterocycles. The Kier molecular flexibility index (Phi) is 5.91. The molecule has 0 aliphatic rings. The number of fused-ring (bicyclic) bond motifs is 1. The Morgan fingerprint density at radius 2 is 1.58 bits per heavy atom. The quantitative estimate of drug-likeness (QED) is 0.402. The van der Waals surface area contributed by atoms with Crippen LogP contribution in [0.4, 0.5) is 5.69 Å². The van der Waals surface area contributed by atoms with E-state index in [-0.39, 0.29) is 16.0 Å². The Labute approximate surface area is 192 Å². The lowest BCUT2D eigenvalue weighted by molar-refractivity contribution is 0.102. The van der Waals surface area contributed by atoms with Gasteiger partial charge in [0.15, 0.2) is 5.75 Å². The van der Waals surface area contributed by atoms with Crippen molar-refractivity contribution in [2.75, 3.05) is 19.5 Å². The van der Waals surface area contributed by atoms with Gasteiger partial charge in [-0.15, -0.1) is 10.2 Å². The number of nitrogens with zero attached hydrogens (tertiary/aromatic N) is 3. The van der Waals surface area contributed by atoms with E-state index in [1.54, 1.807) is 43.5 Å². The standard InChI is InChI=1S/C21H15Cl3N4O3/c1-30-19-6-4-13(10-14(19)22)28-26-17-5-3-12(9-18(17)27-28)25-21(29)11-7-15(23)20(31-2)16(24)8-11/h3-10H,1-2H3,(H,25,29). The molecule has 0 fully saturated rings. The molecule has 1 heterocycles. The minimum atomic E-state index is -0.375. The molecule has 31 heavy (non-hydrogen) atoms. The zero-order valence-electron chi connectivity index (χ0n) is 16.3. The molecule has 0 bridgehead atoms. The predicted octanol–water partition coefficient (Wildman–Crippen LogP) is 5.65. The molecule has 1 aromatic heterocycles. The van der Waals surface area contributed by atoms with Crippen molar-refractivity contribution in [2.45, 2.75) is 0 Å². The van der Waals surface area contributed by atoms with Crippen molar-refractivity contribution in [3.63, 3.8) is 0 Å². The molecule has 0 saturated heterocycles. The highest BCUT2D eigenvalue weighted by Gasteiger charge is 2.15. The monoisotopic (exact) mass is 476 g/mol. The molecule has 3 aromatic carbocycles. The van der Waals surface area contributed by atoms with E-state index in [4.69, 9.17) is 44.3 Å². The van der Waals surface area contributed by atoms with Crippen LogP contribution in [0.1, 0.15) is 10.4 Å². The van der Waals surface area contributed by atoms with Crippen LogP contribution in [-0.2, 0) is 0 Å². The van der Waals surface area contributed by atoms with Crippen LogP contribution in [0.15, 0.2) is 48.5 Å². The van der Waals surface area contributed by atoms with Crippen LogP contribution in [0.25, 0.3) is 16.7 Å². The number of ether oxygens (including phenoxy) is 2. The summed E-state index contributed by atoms with van der Waals surface area (Å²) in [7, 11) is 3.00. The fourth-order valence-electron chi connectivity index (χ4n) is 2.98. The molecule has 4 aromatic rings. The van der Waals surface area contributed by atoms with Crippen molar-refractivity contribution >= 4 is 57.4 Å². The lowest BCUT2D eigenvalue weighted by atomic mass is 10.2. The van der Waals surface area contributed by atoms with Gasteiger partial charge in [-0.05, 0) is 48.5 Å². The fraction of sp³-hybridized carbons (Fsp3) is 0.0952. The lowest BCUT2D eigenvalue weighted by Gasteiger charge is -2.09. The summed E-state index contributed by atoms with van der Waals surface area (Å²) in [4.78, 5) is 14.1. The summed E-state index contributed by atoms with van der Waals surface area (Å²) in [5, 5.41) is 12.7. The molecule has 0 aliphatic carbocycles. The van der Waals surface area contributed by atoms with Crippen molar-refractivity contribution in [3.05, 3.63) is 69.2 Å². The first-order valence-corrected chi connectivity index (χ1v) is 10.1. The van der Waals surface area contributed by atoms with E-state index in [9.17, 15) is 4.79 Å². The number of hydrogen-bond acceptors (Lipinski definition) is 5. The molecule has 0 unspecified atom stereocenters. The number of methoxy groups -OCH3 is 2. The maximum atomic E-state index is 12.6. The number of rotatable bonds is 5. The predicted molar refractivity (Wildman–Crippen MR) is 121 cm³/mol. The number of carbonyl (C=O) groups is 1. The molecular formula is C21H15Cl3N4O3. The van der Waals surface area contributed by atoms with Crippen LogP contribution in [-0.4, -0.2) is 35.1 Å². The third kappa shape index (κ3) is 4.25. The van der Waals surface area contributed by atoms with Crippen LogP contribution in [0.2, 0.25) is 15.1 Å². The molecule has 4 rings (SSSR count). The number of amides is 1. The molecule has 0 atom stereocenters. The van der Waals surface area contributed by atoms with Crippen molar-refractivity contribution in [1.82, 2.24) is 15.0 Å². The number of aromatic nitrogens is 3. The second-order valence-corrected chi connectivity index (χ2v) is 7.66. The molecule has 0 saturated carbocycles. The van der Waals surface area contributed by atoms with E-state index >= 15 is 0 Å². The van der Waals surface area contributed by atoms with Crippen LogP contribution in [0.5, 0.6) is 11.5 Å². The van der Waals surface area contributed by atoms with Gasteiger partial charge in [-0.1, -0.05) is 34.8 Å². The molecule has 7 nitrogen and oxygen atoms in total. The van der Waals surface area contributed by atoms with E-state index in [1.807, 2.05) is 0 Å². The maximum Gasteiger partial charge on any atom is 0.255 e. The number of anilines is 1. The first-order chi connectivity index (χ1) is 14.9. The van der Waals surface area contributed by atoms with E-state index in [2.05, 4.69) is 15.5 Å². The number of carbonyl (C=O) groups excluding carboxylic acids is 1. The second kappa shape index (κ2) is 8.63. The van der Waals surface area contributed by atoms with Gasteiger partial charge < -0.3 is 14.8 Å². The normalized spacial score (nSPS) is 10.9. The Morgan fingerprint density at radius 1 is 0.871 bits per heavy atom. The van der Waals surface area contributed by atoms with Gasteiger partial charge in [-0.25, -0.2) is 0 Å². The highest BCUT2D eigenvalue weighted by atomic mass is 35.5. The van der Waals surface area contributed by atoms with E-state index in [0.717, 1.165) is 0 Å². The van der Waals surface area contributed by atoms with Crippen LogP contribution in [0.3, 0.4) is 0 Å². The van der Waals surface area contributed by atoms with Gasteiger partial charge >= 0.3 is 0 Å². The third-order valence-electron chi connectivity index (χ3n) is 4.47. The number of benzene rings is 3. The van der Waals surface area contributed by atoms with Gasteiger partial charge in [0, 0.05) is 11.3 Å². The summed E-state index contributed by atoms with van der Waals surface area (Å²) in [6.07, 6.45) is 0. The first-order valence-electron chi connectivity index (χ1n) is 8.95. The minimum absolute atomic E-state index is 0.247. The molecule has 1 amide bonds. The maximum absolute atomic E-state index is 12.6. The van der Waals surface area contributed by atoms with Gasteiger partial charge in [0.25, 0.3) is 5.91 Å². The second-order valence-electron chi connectivity index (χ2n) is 6.44. The highest BCUT2D eigenvalue weighted by molar-refractivity contribution is 6.37. The van der Waals surface area contributed by atoms with Gasteiger partial charge in [-0.3, -0.25) is 4.79 Å². The fourth-order valence-corrected chi connectivity index (χ4v) is 3.87. The molecule has 0 radical (unpaired) electrons. The molecule has 0 spiro atoms. The molecule has 158 valence electrons. The van der Waals surface area contributed by atoms with E-state index in [0.29, 0.717) is 44.5 Å². The molecule has 1 N–H and O–H groups in total. The van der Waals surface area contributed by atoms with Crippen LogP contribution >= 0.6 is 34.8 Å². The molecule has 10 heteroatoms. The average Bonchev–Trinajstić information content (AvgIpc) is 3.17. The van der Waals surface area contributed by atoms with Crippen molar-refractivity contribution in [3.8, 4) is 17.2 Å². The van der Waals surface area contributed by atoms with Crippen LogP contribution < -0.4 is 14.8 Å². The molecular weight excluding hydrogens is 463 g/mol. The largest absolute Gasteiger partial charge is 0.495 e. The number of halogens is 3. The topological polar surface area (TPSA) is 78.3 Å². The number of nitrogens with one attached hydrogen (secondary N) is 1. The van der Waals surface area contributed by atoms with E-state index in [1.165, 1.54) is 24.0 Å². The van der Waals surface area contributed by atoms with Gasteiger partial charge in [-0.2, -0.15) is 4.80 Å². The third-order valence-corrected chi connectivity index (χ3v) is 5.33. The lowest BCUT2D eigenvalue weighted by Crippen LogP contribution is -2.12. The summed E-state index contributed by atoms with van der Waals surface area (Å²) < 4.78 is 10.3. The minimum Gasteiger partial charge on any atom is -0.495 e. The Morgan fingerprint density at radius 3 is 2.23 bits per heavy atom. The summed E-state index contributed by atoms with van der Waals surface area (Å²) in [5.41, 5.74) is 2.76. The summed E-state index contributed by atoms with van der Waals surface area (Å²) >= 11 is 18.4. The summed E-state index contributed by atoms with van der Waals surface area (Å²) in [5.74, 6) is 0.502. The first kappa shape index (κ1) is 21.2. The Bertz CT molecular complexity index is 1280. The average molecular weight is 478 g/mol. The van der Waals surface area contributed by atoms with Crippen molar-refractivity contribution < 1.29 is 14.3 Å². The summed E-state index contributed by atoms with van der Waals surface area (Å²) in [6, 6.07) is 13.4. The smallest absolute Gasteiger partial charge is 0.255 e. The summed E-state index contributed by atoms with van der Waals surface area (Å²) in [6.45, 7) is 0. The van der Waals surface area contributed by atoms with Gasteiger partial charge in [0.1, 0.15) is 16.8 Å². The zero-order valence-corrected chi connectivity index (χ0v) is 18.6. The Balaban J connectivity index is 1.60. The highest BCUT2D eigenvalue weighted by Crippen LogP contribution is 2.34. The number of hydrogen-bond donors (Lipinski definition) is 1. The van der Waals surface area contributed by atoms with Crippen LogP contribution in [0, 0.1) is 0 Å². The van der Waals surface area contributed by atoms with Crippen molar-refractivity contribution in [1.29, 1.82) is 0 Å².